The first-order valence-electron chi connectivity index (χ1n) is 5.87. The maximum absolute atomic E-state index is 10.6. The van der Waals surface area contributed by atoms with Crippen molar-refractivity contribution in [2.24, 2.45) is 11.3 Å². The average Bonchev–Trinajstić information content (AvgIpc) is 2.85. The van der Waals surface area contributed by atoms with Gasteiger partial charge in [-0.3, -0.25) is 0 Å². The van der Waals surface area contributed by atoms with Crippen LogP contribution in [0.4, 0.5) is 0 Å². The van der Waals surface area contributed by atoms with Crippen LogP contribution in [0, 0.1) is 22.7 Å². The second-order valence-corrected chi connectivity index (χ2v) is 5.05. The van der Waals surface area contributed by atoms with Crippen LogP contribution in [0.15, 0.2) is 0 Å². The summed E-state index contributed by atoms with van der Waals surface area (Å²) >= 11 is 0. The second-order valence-electron chi connectivity index (χ2n) is 5.05. The van der Waals surface area contributed by atoms with Gasteiger partial charge in [-0.2, -0.15) is 5.26 Å². The van der Waals surface area contributed by atoms with E-state index in [9.17, 15) is 10.4 Å². The van der Waals surface area contributed by atoms with Gasteiger partial charge in [0.1, 0.15) is 5.41 Å². The molecule has 3 unspecified atom stereocenters. The van der Waals surface area contributed by atoms with E-state index in [1.807, 2.05) is 0 Å². The second kappa shape index (κ2) is 3.77. The van der Waals surface area contributed by atoms with Gasteiger partial charge in [-0.1, -0.05) is 13.3 Å². The average molecular weight is 209 g/mol. The molecule has 0 radical (unpaired) electrons. The highest BCUT2D eigenvalue weighted by Gasteiger charge is 2.56. The molecule has 15 heavy (non-hydrogen) atoms. The largest absolute Gasteiger partial charge is 0.388 e. The summed E-state index contributed by atoms with van der Waals surface area (Å²) in [6.07, 6.45) is 4.39. The van der Waals surface area contributed by atoms with Crippen LogP contribution < -0.4 is 0 Å². The number of ether oxygens (including phenoxy) is 1. The Labute approximate surface area is 91.0 Å². The van der Waals surface area contributed by atoms with Crippen molar-refractivity contribution in [3.05, 3.63) is 0 Å². The molecule has 1 aliphatic heterocycles. The zero-order chi connectivity index (χ0) is 10.9. The summed E-state index contributed by atoms with van der Waals surface area (Å²) in [6, 6.07) is 2.33. The predicted octanol–water partition coefficient (Wildman–Crippen LogP) is 1.86. The van der Waals surface area contributed by atoms with E-state index in [0.717, 1.165) is 25.7 Å². The van der Waals surface area contributed by atoms with Gasteiger partial charge in [-0.05, 0) is 31.6 Å². The molecular weight excluding hydrogens is 190 g/mol. The lowest BCUT2D eigenvalue weighted by Gasteiger charge is -2.36. The number of nitriles is 1. The van der Waals surface area contributed by atoms with Crippen molar-refractivity contribution in [2.75, 3.05) is 13.2 Å². The normalized spacial score (nSPS) is 45.5. The maximum Gasteiger partial charge on any atom is 0.111 e. The summed E-state index contributed by atoms with van der Waals surface area (Å²) in [5, 5.41) is 20.0. The van der Waals surface area contributed by atoms with Crippen LogP contribution in [-0.4, -0.2) is 23.9 Å². The molecule has 3 nitrogen and oxygen atoms in total. The molecule has 0 amide bonds. The van der Waals surface area contributed by atoms with Gasteiger partial charge in [0.25, 0.3) is 0 Å². The first kappa shape index (κ1) is 10.9. The molecule has 0 aromatic carbocycles. The molecule has 3 atom stereocenters. The summed E-state index contributed by atoms with van der Waals surface area (Å²) in [6.45, 7) is 3.18. The number of aliphatic hydroxyl groups is 1. The molecule has 0 spiro atoms. The summed E-state index contributed by atoms with van der Waals surface area (Å²) in [5.41, 5.74) is -1.42. The summed E-state index contributed by atoms with van der Waals surface area (Å²) in [4.78, 5) is 0. The van der Waals surface area contributed by atoms with Crippen molar-refractivity contribution in [1.29, 1.82) is 5.26 Å². The molecular formula is C12H19NO2. The van der Waals surface area contributed by atoms with E-state index in [0.29, 0.717) is 25.6 Å². The fourth-order valence-corrected chi connectivity index (χ4v) is 3.03. The maximum atomic E-state index is 10.6. The topological polar surface area (TPSA) is 53.2 Å². The van der Waals surface area contributed by atoms with Gasteiger partial charge in [-0.25, -0.2) is 0 Å². The number of rotatable bonds is 2. The fourth-order valence-electron chi connectivity index (χ4n) is 3.03. The number of nitrogens with zero attached hydrogens (tertiary/aromatic N) is 1. The van der Waals surface area contributed by atoms with Crippen LogP contribution in [0.2, 0.25) is 0 Å². The smallest absolute Gasteiger partial charge is 0.111 e. The van der Waals surface area contributed by atoms with Crippen molar-refractivity contribution < 1.29 is 9.84 Å². The van der Waals surface area contributed by atoms with Crippen LogP contribution in [0.1, 0.15) is 39.0 Å². The first-order valence-corrected chi connectivity index (χ1v) is 5.87. The van der Waals surface area contributed by atoms with Gasteiger partial charge >= 0.3 is 0 Å². The minimum Gasteiger partial charge on any atom is -0.388 e. The van der Waals surface area contributed by atoms with Crippen LogP contribution in [0.3, 0.4) is 0 Å². The Morgan fingerprint density at radius 2 is 2.33 bits per heavy atom. The zero-order valence-corrected chi connectivity index (χ0v) is 9.33. The van der Waals surface area contributed by atoms with E-state index in [4.69, 9.17) is 4.74 Å². The van der Waals surface area contributed by atoms with Gasteiger partial charge in [0.2, 0.25) is 0 Å². The zero-order valence-electron chi connectivity index (χ0n) is 9.33. The summed E-state index contributed by atoms with van der Waals surface area (Å²) < 4.78 is 5.32. The Balaban J connectivity index is 2.18. The van der Waals surface area contributed by atoms with E-state index in [1.165, 1.54) is 0 Å². The minimum absolute atomic E-state index is 0.413. The molecule has 2 fully saturated rings. The van der Waals surface area contributed by atoms with Crippen molar-refractivity contribution in [2.45, 2.75) is 44.6 Å². The molecule has 2 aliphatic rings. The van der Waals surface area contributed by atoms with Gasteiger partial charge in [-0.15, -0.1) is 0 Å². The molecule has 1 saturated carbocycles. The first-order chi connectivity index (χ1) is 7.16. The Morgan fingerprint density at radius 1 is 1.53 bits per heavy atom. The van der Waals surface area contributed by atoms with Crippen molar-refractivity contribution in [3.8, 4) is 6.07 Å². The van der Waals surface area contributed by atoms with Crippen LogP contribution in [-0.2, 0) is 4.74 Å². The van der Waals surface area contributed by atoms with Crippen LogP contribution in [0.25, 0.3) is 0 Å². The molecule has 0 bridgehead atoms. The summed E-state index contributed by atoms with van der Waals surface area (Å²) in [5.74, 6) is 0.584. The Kier molecular flexibility index (Phi) is 2.74. The van der Waals surface area contributed by atoms with Crippen LogP contribution >= 0.6 is 0 Å². The van der Waals surface area contributed by atoms with Crippen molar-refractivity contribution in [1.82, 2.24) is 0 Å². The molecule has 1 saturated heterocycles. The molecule has 3 heteroatoms. The number of hydrogen-bond donors (Lipinski definition) is 1. The third-order valence-electron chi connectivity index (χ3n) is 4.30. The predicted molar refractivity (Wildman–Crippen MR) is 56.1 cm³/mol. The van der Waals surface area contributed by atoms with Gasteiger partial charge < -0.3 is 9.84 Å². The van der Waals surface area contributed by atoms with E-state index in [1.54, 1.807) is 0 Å². The highest BCUT2D eigenvalue weighted by Crippen LogP contribution is 2.50. The third kappa shape index (κ3) is 1.56. The van der Waals surface area contributed by atoms with Gasteiger partial charge in [0.15, 0.2) is 0 Å². The van der Waals surface area contributed by atoms with E-state index in [-0.39, 0.29) is 0 Å². The van der Waals surface area contributed by atoms with Crippen molar-refractivity contribution >= 4 is 0 Å². The fraction of sp³-hybridized carbons (Fsp3) is 0.917. The van der Waals surface area contributed by atoms with Gasteiger partial charge in [0.05, 0.1) is 18.3 Å². The van der Waals surface area contributed by atoms with Crippen molar-refractivity contribution in [3.63, 3.8) is 0 Å². The van der Waals surface area contributed by atoms with E-state index in [2.05, 4.69) is 13.0 Å². The number of hydrogen-bond acceptors (Lipinski definition) is 3. The Hall–Kier alpha value is -0.590. The molecule has 2 rings (SSSR count). The Morgan fingerprint density at radius 3 is 2.80 bits per heavy atom. The minimum atomic E-state index is -0.793. The molecule has 0 aromatic rings. The standard InChI is InChI=1S/C12H19NO2/c1-2-10-3-4-12(14,7-10)11(8-13)5-6-15-9-11/h10,14H,2-7,9H2,1H3. The Bertz CT molecular complexity index is 278. The monoisotopic (exact) mass is 209 g/mol. The lowest BCUT2D eigenvalue weighted by molar-refractivity contribution is -0.0552. The lowest BCUT2D eigenvalue weighted by atomic mass is 9.70. The molecule has 84 valence electrons. The lowest BCUT2D eigenvalue weighted by Crippen LogP contribution is -2.46. The third-order valence-corrected chi connectivity index (χ3v) is 4.30. The van der Waals surface area contributed by atoms with E-state index < -0.39 is 11.0 Å². The molecule has 0 aromatic heterocycles. The molecule has 1 N–H and O–H groups in total. The van der Waals surface area contributed by atoms with Crippen LogP contribution in [0.5, 0.6) is 0 Å². The van der Waals surface area contributed by atoms with E-state index >= 15 is 0 Å². The highest BCUT2D eigenvalue weighted by atomic mass is 16.5. The SMILES string of the molecule is CCC1CCC(O)(C2(C#N)CCOC2)C1. The molecule has 1 heterocycles. The highest BCUT2D eigenvalue weighted by molar-refractivity contribution is 5.15. The molecule has 1 aliphatic carbocycles. The van der Waals surface area contributed by atoms with Gasteiger partial charge in [0, 0.05) is 6.61 Å². The summed E-state index contributed by atoms with van der Waals surface area (Å²) in [7, 11) is 0. The quantitative estimate of drug-likeness (QED) is 0.755.